The molecule has 3 heterocycles. The first-order valence-electron chi connectivity index (χ1n) is 11.6. The van der Waals surface area contributed by atoms with Gasteiger partial charge >= 0.3 is 0 Å². The van der Waals surface area contributed by atoms with Crippen LogP contribution in [-0.4, -0.2) is 36.5 Å². The number of carbonyl (C=O) groups excluding carboxylic acids is 2. The van der Waals surface area contributed by atoms with E-state index in [0.29, 0.717) is 24.9 Å². The molecule has 4 aliphatic rings. The summed E-state index contributed by atoms with van der Waals surface area (Å²) in [4.78, 5) is 24.7. The quantitative estimate of drug-likeness (QED) is 0.683. The highest BCUT2D eigenvalue weighted by molar-refractivity contribution is 5.97. The molecule has 2 bridgehead atoms. The lowest BCUT2D eigenvalue weighted by Crippen LogP contribution is -2.59. The summed E-state index contributed by atoms with van der Waals surface area (Å²) in [6.45, 7) is 0.674. The highest BCUT2D eigenvalue weighted by Gasteiger charge is 2.39. The first kappa shape index (κ1) is 20.7. The fraction of sp³-hybridized carbons (Fsp3) is 0.423. The number of rotatable bonds is 5. The first-order chi connectivity index (χ1) is 15.6. The lowest BCUT2D eigenvalue weighted by molar-refractivity contribution is -0.127. The van der Waals surface area contributed by atoms with Crippen LogP contribution in [0, 0.1) is 17.2 Å². The molecule has 1 saturated carbocycles. The summed E-state index contributed by atoms with van der Waals surface area (Å²) in [5.74, 6) is 0.344. The number of nitriles is 1. The van der Waals surface area contributed by atoms with E-state index in [0.717, 1.165) is 59.9 Å². The van der Waals surface area contributed by atoms with Gasteiger partial charge in [-0.15, -0.1) is 0 Å². The number of fused-ring (bicyclic) bond motifs is 4. The normalized spacial score (nSPS) is 24.7. The number of nitrogens with one attached hydrogen (secondary N) is 3. The Hall–Kier alpha value is -3.17. The van der Waals surface area contributed by atoms with Crippen molar-refractivity contribution in [2.75, 3.05) is 6.54 Å². The zero-order valence-corrected chi connectivity index (χ0v) is 18.1. The van der Waals surface area contributed by atoms with E-state index in [1.165, 1.54) is 0 Å². The Bertz CT molecular complexity index is 1060. The highest BCUT2D eigenvalue weighted by atomic mass is 16.2. The molecule has 0 radical (unpaired) electrons. The molecule has 32 heavy (non-hydrogen) atoms. The van der Waals surface area contributed by atoms with Gasteiger partial charge in [-0.2, -0.15) is 5.26 Å². The van der Waals surface area contributed by atoms with Crippen LogP contribution in [0.25, 0.3) is 11.1 Å². The minimum absolute atomic E-state index is 0.00556. The van der Waals surface area contributed by atoms with E-state index in [4.69, 9.17) is 0 Å². The van der Waals surface area contributed by atoms with Crippen molar-refractivity contribution < 1.29 is 9.59 Å². The van der Waals surface area contributed by atoms with Crippen LogP contribution in [-0.2, 0) is 17.6 Å². The van der Waals surface area contributed by atoms with Crippen molar-refractivity contribution in [1.29, 1.82) is 5.26 Å². The van der Waals surface area contributed by atoms with Gasteiger partial charge in [-0.3, -0.25) is 9.59 Å². The van der Waals surface area contributed by atoms with E-state index >= 15 is 0 Å². The number of hydrogen-bond acceptors (Lipinski definition) is 4. The van der Waals surface area contributed by atoms with Crippen molar-refractivity contribution in [2.45, 2.75) is 56.7 Å². The lowest BCUT2D eigenvalue weighted by atomic mass is 9.76. The van der Waals surface area contributed by atoms with Crippen molar-refractivity contribution in [3.8, 4) is 17.2 Å². The van der Waals surface area contributed by atoms with Gasteiger partial charge in [-0.1, -0.05) is 36.4 Å². The van der Waals surface area contributed by atoms with Gasteiger partial charge < -0.3 is 16.0 Å². The molecule has 0 aromatic heterocycles. The molecule has 3 fully saturated rings. The molecule has 6 heteroatoms. The fourth-order valence-corrected chi connectivity index (χ4v) is 5.37. The summed E-state index contributed by atoms with van der Waals surface area (Å²) in [7, 11) is 0. The zero-order valence-electron chi connectivity index (χ0n) is 18.1. The van der Waals surface area contributed by atoms with Crippen molar-refractivity contribution in [3.05, 3.63) is 59.2 Å². The number of hydrogen-bond donors (Lipinski definition) is 3. The Morgan fingerprint density at radius 1 is 1.09 bits per heavy atom. The third kappa shape index (κ3) is 4.13. The number of amides is 2. The summed E-state index contributed by atoms with van der Waals surface area (Å²) in [6, 6.07) is 16.1. The molecule has 2 unspecified atom stereocenters. The summed E-state index contributed by atoms with van der Waals surface area (Å²) >= 11 is 0. The molecule has 164 valence electrons. The topological polar surface area (TPSA) is 94.0 Å². The Morgan fingerprint density at radius 3 is 2.53 bits per heavy atom. The number of benzene rings is 2. The Morgan fingerprint density at radius 2 is 1.84 bits per heavy atom. The molecule has 3 aliphatic heterocycles. The number of piperidine rings is 2. The number of nitrogens with zero attached hydrogens (tertiary/aromatic N) is 1. The molecule has 6 nitrogen and oxygen atoms in total. The average molecular weight is 429 g/mol. The smallest absolute Gasteiger partial charge is 0.251 e. The molecule has 2 saturated heterocycles. The van der Waals surface area contributed by atoms with E-state index in [9.17, 15) is 14.9 Å². The molecule has 2 aromatic carbocycles. The molecule has 0 spiro atoms. The lowest BCUT2D eigenvalue weighted by Gasteiger charge is -2.42. The summed E-state index contributed by atoms with van der Waals surface area (Å²) < 4.78 is 0. The van der Waals surface area contributed by atoms with Gasteiger partial charge in [0.05, 0.1) is 12.1 Å². The van der Waals surface area contributed by atoms with E-state index < -0.39 is 6.04 Å². The van der Waals surface area contributed by atoms with E-state index in [1.807, 2.05) is 36.4 Å². The second-order valence-corrected chi connectivity index (χ2v) is 9.23. The summed E-state index contributed by atoms with van der Waals surface area (Å²) in [6.07, 6.45) is 5.82. The predicted octanol–water partition coefficient (Wildman–Crippen LogP) is 2.72. The second kappa shape index (κ2) is 8.76. The second-order valence-electron chi connectivity index (χ2n) is 9.23. The van der Waals surface area contributed by atoms with Crippen LogP contribution in [0.1, 0.15) is 47.2 Å². The third-order valence-corrected chi connectivity index (χ3v) is 7.17. The SMILES string of the molecule is N#CC(Cc1ccc(-c2ccc3c(c2)CCNC3=O)cc1)NC(=O)C1NC2CCC1CC2. The monoisotopic (exact) mass is 428 g/mol. The van der Waals surface area contributed by atoms with Gasteiger partial charge in [0.25, 0.3) is 5.91 Å². The molecule has 6 rings (SSSR count). The minimum Gasteiger partial charge on any atom is -0.352 e. The van der Waals surface area contributed by atoms with E-state index in [1.54, 1.807) is 0 Å². The minimum atomic E-state index is -0.544. The van der Waals surface area contributed by atoms with Crippen molar-refractivity contribution in [2.24, 2.45) is 5.92 Å². The number of carbonyl (C=O) groups is 2. The van der Waals surface area contributed by atoms with Gasteiger partial charge in [0, 0.05) is 24.6 Å². The van der Waals surface area contributed by atoms with Gasteiger partial charge in [0.1, 0.15) is 6.04 Å². The molecular weight excluding hydrogens is 400 g/mol. The largest absolute Gasteiger partial charge is 0.352 e. The standard InChI is InChI=1S/C26H28N4O2/c27-15-22(30-26(32)24-18-5-8-21(29-24)9-6-18)13-16-1-3-17(4-2-16)19-7-10-23-20(14-19)11-12-28-25(23)31/h1-4,7,10,14,18,21-22,24,29H,5-6,8-9,11-13H2,(H,28,31)(H,30,32). The average Bonchev–Trinajstić information content (AvgIpc) is 2.84. The van der Waals surface area contributed by atoms with Crippen LogP contribution in [0.3, 0.4) is 0 Å². The molecule has 3 N–H and O–H groups in total. The highest BCUT2D eigenvalue weighted by Crippen LogP contribution is 2.33. The predicted molar refractivity (Wildman–Crippen MR) is 122 cm³/mol. The summed E-state index contributed by atoms with van der Waals surface area (Å²) in [5.41, 5.74) is 4.99. The van der Waals surface area contributed by atoms with Crippen LogP contribution in [0.2, 0.25) is 0 Å². The molecule has 2 atom stereocenters. The van der Waals surface area contributed by atoms with E-state index in [-0.39, 0.29) is 17.9 Å². The van der Waals surface area contributed by atoms with Crippen molar-refractivity contribution in [3.63, 3.8) is 0 Å². The third-order valence-electron chi connectivity index (χ3n) is 7.17. The van der Waals surface area contributed by atoms with E-state index in [2.05, 4.69) is 28.1 Å². The van der Waals surface area contributed by atoms with Gasteiger partial charge in [0.2, 0.25) is 5.91 Å². The molecular formula is C26H28N4O2. The van der Waals surface area contributed by atoms with Crippen LogP contribution < -0.4 is 16.0 Å². The van der Waals surface area contributed by atoms with Crippen molar-refractivity contribution in [1.82, 2.24) is 16.0 Å². The first-order valence-corrected chi connectivity index (χ1v) is 11.6. The maximum absolute atomic E-state index is 12.8. The van der Waals surface area contributed by atoms with Gasteiger partial charge in [-0.25, -0.2) is 0 Å². The Kier molecular flexibility index (Phi) is 5.67. The van der Waals surface area contributed by atoms with Crippen LogP contribution in [0.4, 0.5) is 0 Å². The zero-order chi connectivity index (χ0) is 22.1. The molecule has 2 aromatic rings. The van der Waals surface area contributed by atoms with Crippen LogP contribution in [0.15, 0.2) is 42.5 Å². The molecule has 2 amide bonds. The molecule has 1 aliphatic carbocycles. The Balaban J connectivity index is 1.23. The Labute approximate surface area is 188 Å². The summed E-state index contributed by atoms with van der Waals surface area (Å²) in [5, 5.41) is 18.9. The maximum atomic E-state index is 12.8. The van der Waals surface area contributed by atoms with Crippen LogP contribution in [0.5, 0.6) is 0 Å². The fourth-order valence-electron chi connectivity index (χ4n) is 5.37. The van der Waals surface area contributed by atoms with Gasteiger partial charge in [0.15, 0.2) is 0 Å². The van der Waals surface area contributed by atoms with Crippen LogP contribution >= 0.6 is 0 Å². The van der Waals surface area contributed by atoms with Crippen molar-refractivity contribution >= 4 is 11.8 Å². The maximum Gasteiger partial charge on any atom is 0.251 e. The van der Waals surface area contributed by atoms with Gasteiger partial charge in [-0.05, 0) is 66.3 Å².